The molecule has 1 aromatic heterocycles. The number of aromatic nitrogens is 1. The van der Waals surface area contributed by atoms with Gasteiger partial charge >= 0.3 is 7.12 Å². The van der Waals surface area contributed by atoms with Gasteiger partial charge in [0.2, 0.25) is 0 Å². The Bertz CT molecular complexity index is 592. The van der Waals surface area contributed by atoms with Gasteiger partial charge in [-0.25, -0.2) is 4.39 Å². The fourth-order valence-electron chi connectivity index (χ4n) is 2.07. The quantitative estimate of drug-likeness (QED) is 0.784. The normalized spacial score (nSPS) is 20.4. The molecule has 0 bridgehead atoms. The monoisotopic (exact) mass is 290 g/mol. The third kappa shape index (κ3) is 2.68. The van der Waals surface area contributed by atoms with Crippen LogP contribution in [0.5, 0.6) is 0 Å². The summed E-state index contributed by atoms with van der Waals surface area (Å²) in [6.45, 7) is 11.0. The molecule has 112 valence electrons. The first-order valence-corrected chi connectivity index (χ1v) is 6.93. The van der Waals surface area contributed by atoms with E-state index < -0.39 is 29.6 Å². The van der Waals surface area contributed by atoms with Crippen LogP contribution in [0.2, 0.25) is 0 Å². The molecule has 0 radical (unpaired) electrons. The molecule has 0 saturated carbocycles. The van der Waals surface area contributed by atoms with Crippen LogP contribution >= 0.6 is 0 Å². The van der Waals surface area contributed by atoms with Gasteiger partial charge in [-0.05, 0) is 47.6 Å². The summed E-state index contributed by atoms with van der Waals surface area (Å²) in [5, 5.41) is 9.08. The van der Waals surface area contributed by atoms with E-state index in [0.29, 0.717) is 5.46 Å². The van der Waals surface area contributed by atoms with Gasteiger partial charge in [-0.15, -0.1) is 0 Å². The van der Waals surface area contributed by atoms with Crippen LogP contribution in [0.4, 0.5) is 4.39 Å². The van der Waals surface area contributed by atoms with Crippen LogP contribution in [0.3, 0.4) is 0 Å². The molecule has 1 saturated heterocycles. The minimum absolute atomic E-state index is 0.130. The second-order valence-electron chi connectivity index (χ2n) is 6.92. The summed E-state index contributed by atoms with van der Waals surface area (Å²) in [5.74, 6) is -0.520. The molecule has 0 spiro atoms. The summed E-state index contributed by atoms with van der Waals surface area (Å²) in [4.78, 5) is 4.10. The number of rotatable bonds is 2. The van der Waals surface area contributed by atoms with Crippen molar-refractivity contribution < 1.29 is 13.7 Å². The highest BCUT2D eigenvalue weighted by atomic mass is 19.1. The third-order valence-electron chi connectivity index (χ3n) is 4.26. The Morgan fingerprint density at radius 1 is 1.24 bits per heavy atom. The van der Waals surface area contributed by atoms with Gasteiger partial charge in [0.1, 0.15) is 5.82 Å². The molecule has 0 aliphatic carbocycles. The van der Waals surface area contributed by atoms with E-state index >= 15 is 0 Å². The lowest BCUT2D eigenvalue weighted by Crippen LogP contribution is -2.41. The predicted octanol–water partition coefficient (Wildman–Crippen LogP) is 2.32. The molecule has 4 nitrogen and oxygen atoms in total. The van der Waals surface area contributed by atoms with Crippen molar-refractivity contribution in [1.82, 2.24) is 4.98 Å². The van der Waals surface area contributed by atoms with E-state index in [-0.39, 0.29) is 5.69 Å². The van der Waals surface area contributed by atoms with Crippen molar-refractivity contribution in [1.29, 1.82) is 5.26 Å². The van der Waals surface area contributed by atoms with Gasteiger partial charge in [-0.2, -0.15) is 5.26 Å². The zero-order valence-corrected chi connectivity index (χ0v) is 13.3. The summed E-state index contributed by atoms with van der Waals surface area (Å²) in [6.07, 6.45) is 1.51. The van der Waals surface area contributed by atoms with Crippen molar-refractivity contribution in [2.24, 2.45) is 0 Å². The number of nitriles is 1. The summed E-state index contributed by atoms with van der Waals surface area (Å²) in [6, 6.07) is 3.39. The standard InChI is InChI=1S/C15H20BFN2O2/c1-13(2,9-18)12-11(17)7-10(8-19-12)16-20-14(3,4)15(5,6)21-16/h7-8H,1-6H3. The Hall–Kier alpha value is -1.45. The topological polar surface area (TPSA) is 55.1 Å². The van der Waals surface area contributed by atoms with Gasteiger partial charge in [0.25, 0.3) is 0 Å². The lowest BCUT2D eigenvalue weighted by molar-refractivity contribution is 0.00578. The maximum Gasteiger partial charge on any atom is 0.496 e. The minimum Gasteiger partial charge on any atom is -0.399 e. The number of nitrogens with zero attached hydrogens (tertiary/aromatic N) is 2. The Morgan fingerprint density at radius 3 is 2.19 bits per heavy atom. The number of halogens is 1. The SMILES string of the molecule is CC(C)(C#N)c1ncc(B2OC(C)(C)C(C)(C)O2)cc1F. The van der Waals surface area contributed by atoms with Crippen LogP contribution in [0.1, 0.15) is 47.2 Å². The highest BCUT2D eigenvalue weighted by molar-refractivity contribution is 6.62. The Balaban J connectivity index is 2.34. The fourth-order valence-corrected chi connectivity index (χ4v) is 2.07. The van der Waals surface area contributed by atoms with E-state index in [1.54, 1.807) is 13.8 Å². The average molecular weight is 290 g/mol. The van der Waals surface area contributed by atoms with Crippen molar-refractivity contribution in [2.45, 2.75) is 58.2 Å². The molecule has 6 heteroatoms. The maximum absolute atomic E-state index is 14.2. The van der Waals surface area contributed by atoms with Crippen LogP contribution in [0.15, 0.2) is 12.3 Å². The number of hydrogen-bond donors (Lipinski definition) is 0. The third-order valence-corrected chi connectivity index (χ3v) is 4.26. The molecule has 1 fully saturated rings. The van der Waals surface area contributed by atoms with E-state index in [2.05, 4.69) is 4.98 Å². The lowest BCUT2D eigenvalue weighted by Gasteiger charge is -2.32. The van der Waals surface area contributed by atoms with E-state index in [1.165, 1.54) is 12.3 Å². The molecular formula is C15H20BFN2O2. The zero-order chi connectivity index (χ0) is 16.1. The second-order valence-corrected chi connectivity index (χ2v) is 6.92. The van der Waals surface area contributed by atoms with Crippen molar-refractivity contribution in [3.05, 3.63) is 23.8 Å². The minimum atomic E-state index is -0.974. The van der Waals surface area contributed by atoms with Gasteiger partial charge in [0, 0.05) is 11.7 Å². The Labute approximate surface area is 125 Å². The molecule has 2 rings (SSSR count). The van der Waals surface area contributed by atoms with Crippen molar-refractivity contribution in [2.75, 3.05) is 0 Å². The van der Waals surface area contributed by atoms with Gasteiger partial charge in [-0.3, -0.25) is 4.98 Å². The van der Waals surface area contributed by atoms with Crippen LogP contribution in [-0.2, 0) is 14.7 Å². The predicted molar refractivity (Wildman–Crippen MR) is 78.6 cm³/mol. The summed E-state index contributed by atoms with van der Waals surface area (Å²) in [5.41, 5.74) is -1.30. The summed E-state index contributed by atoms with van der Waals surface area (Å²) >= 11 is 0. The van der Waals surface area contributed by atoms with Gasteiger partial charge in [-0.1, -0.05) is 0 Å². The summed E-state index contributed by atoms with van der Waals surface area (Å²) in [7, 11) is -0.656. The maximum atomic E-state index is 14.2. The first-order chi connectivity index (χ1) is 9.50. The highest BCUT2D eigenvalue weighted by Gasteiger charge is 2.52. The molecule has 0 amide bonds. The molecule has 1 aliphatic heterocycles. The molecule has 21 heavy (non-hydrogen) atoms. The van der Waals surface area contributed by atoms with Crippen LogP contribution in [0, 0.1) is 17.1 Å². The van der Waals surface area contributed by atoms with Crippen LogP contribution in [-0.4, -0.2) is 23.3 Å². The van der Waals surface area contributed by atoms with Gasteiger partial charge in [0.05, 0.1) is 28.4 Å². The lowest BCUT2D eigenvalue weighted by atomic mass is 9.79. The first-order valence-electron chi connectivity index (χ1n) is 6.93. The molecule has 0 aromatic carbocycles. The molecule has 0 atom stereocenters. The number of hydrogen-bond acceptors (Lipinski definition) is 4. The molecule has 1 aliphatic rings. The fraction of sp³-hybridized carbons (Fsp3) is 0.600. The molecule has 2 heterocycles. The largest absolute Gasteiger partial charge is 0.496 e. The van der Waals surface area contributed by atoms with E-state index in [4.69, 9.17) is 14.6 Å². The van der Waals surface area contributed by atoms with Crippen molar-refractivity contribution in [3.8, 4) is 6.07 Å². The highest BCUT2D eigenvalue weighted by Crippen LogP contribution is 2.36. The molecule has 1 aromatic rings. The van der Waals surface area contributed by atoms with E-state index in [9.17, 15) is 4.39 Å². The van der Waals surface area contributed by atoms with Crippen LogP contribution < -0.4 is 5.46 Å². The molecule has 0 N–H and O–H groups in total. The smallest absolute Gasteiger partial charge is 0.399 e. The summed E-state index contributed by atoms with van der Waals surface area (Å²) < 4.78 is 26.0. The van der Waals surface area contributed by atoms with Crippen LogP contribution in [0.25, 0.3) is 0 Å². The van der Waals surface area contributed by atoms with E-state index in [0.717, 1.165) is 0 Å². The van der Waals surface area contributed by atoms with Crippen molar-refractivity contribution >= 4 is 12.6 Å². The molecular weight excluding hydrogens is 270 g/mol. The Morgan fingerprint density at radius 2 is 1.76 bits per heavy atom. The number of pyridine rings is 1. The zero-order valence-electron chi connectivity index (χ0n) is 13.3. The van der Waals surface area contributed by atoms with Gasteiger partial charge in [0.15, 0.2) is 0 Å². The molecule has 0 unspecified atom stereocenters. The van der Waals surface area contributed by atoms with E-state index in [1.807, 2.05) is 33.8 Å². The van der Waals surface area contributed by atoms with Crippen molar-refractivity contribution in [3.63, 3.8) is 0 Å². The second kappa shape index (κ2) is 4.79. The Kier molecular flexibility index (Phi) is 3.63. The average Bonchev–Trinajstić information content (AvgIpc) is 2.58. The first kappa shape index (κ1) is 15.9. The van der Waals surface area contributed by atoms with Gasteiger partial charge < -0.3 is 9.31 Å².